The molecule has 0 saturated heterocycles. The highest BCUT2D eigenvalue weighted by Gasteiger charge is 2.40. The predicted molar refractivity (Wildman–Crippen MR) is 58.3 cm³/mol. The van der Waals surface area contributed by atoms with Crippen molar-refractivity contribution in [2.75, 3.05) is 13.7 Å². The molecule has 0 aliphatic heterocycles. The summed E-state index contributed by atoms with van der Waals surface area (Å²) < 4.78 is 70.9. The predicted octanol–water partition coefficient (Wildman–Crippen LogP) is 3.03. The molecule has 1 rings (SSSR count). The molecule has 0 bridgehead atoms. The molecule has 0 amide bonds. The molecule has 8 heteroatoms. The van der Waals surface area contributed by atoms with E-state index in [0.29, 0.717) is 0 Å². The summed E-state index contributed by atoms with van der Waals surface area (Å²) in [5.74, 6) is -6.07. The molecule has 20 heavy (non-hydrogen) atoms. The third kappa shape index (κ3) is 4.16. The van der Waals surface area contributed by atoms with Crippen molar-refractivity contribution in [3.05, 3.63) is 35.1 Å². The topological polar surface area (TPSA) is 35.5 Å². The van der Waals surface area contributed by atoms with E-state index in [0.717, 1.165) is 19.2 Å². The lowest BCUT2D eigenvalue weighted by Gasteiger charge is -2.15. The Balaban J connectivity index is 2.62. The van der Waals surface area contributed by atoms with Crippen LogP contribution in [0.15, 0.2) is 18.2 Å². The molecule has 1 aromatic carbocycles. The smallest absolute Gasteiger partial charge is 0.340 e. The van der Waals surface area contributed by atoms with Crippen LogP contribution in [0.25, 0.3) is 0 Å². The lowest BCUT2D eigenvalue weighted by Crippen LogP contribution is -2.32. The quantitative estimate of drug-likeness (QED) is 0.598. The van der Waals surface area contributed by atoms with Crippen LogP contribution in [0.1, 0.15) is 15.9 Å². The van der Waals surface area contributed by atoms with Gasteiger partial charge in [-0.05, 0) is 17.7 Å². The van der Waals surface area contributed by atoms with Gasteiger partial charge in [0.2, 0.25) is 0 Å². The van der Waals surface area contributed by atoms with Gasteiger partial charge in [-0.15, -0.1) is 0 Å². The zero-order valence-corrected chi connectivity index (χ0v) is 10.3. The van der Waals surface area contributed by atoms with Gasteiger partial charge < -0.3 is 9.47 Å². The van der Waals surface area contributed by atoms with E-state index >= 15 is 0 Å². The maximum atomic E-state index is 13.5. The summed E-state index contributed by atoms with van der Waals surface area (Å²) in [6, 6.07) is 3.22. The number of alkyl halides is 4. The molecule has 0 aromatic heterocycles. The third-order valence-electron chi connectivity index (χ3n) is 2.32. The Labute approximate surface area is 111 Å². The molecule has 0 unspecified atom stereocenters. The van der Waals surface area contributed by atoms with Crippen molar-refractivity contribution in [1.82, 2.24) is 0 Å². The molecule has 0 fully saturated rings. The minimum atomic E-state index is -4.26. The fourth-order valence-electron chi connectivity index (χ4n) is 1.29. The monoisotopic (exact) mass is 298 g/mol. The highest BCUT2D eigenvalue weighted by atomic mass is 19.3. The van der Waals surface area contributed by atoms with E-state index in [9.17, 15) is 26.7 Å². The number of hydrogen-bond donors (Lipinski definition) is 0. The summed E-state index contributed by atoms with van der Waals surface area (Å²) >= 11 is 0. The molecular formula is C12H11F5O3. The number of carbonyl (C=O) groups is 1. The molecule has 0 saturated carbocycles. The number of esters is 1. The number of hydrogen-bond acceptors (Lipinski definition) is 3. The van der Waals surface area contributed by atoms with Crippen LogP contribution in [0.4, 0.5) is 22.0 Å². The van der Waals surface area contributed by atoms with Gasteiger partial charge in [-0.25, -0.2) is 18.0 Å². The lowest BCUT2D eigenvalue weighted by molar-refractivity contribution is -0.168. The van der Waals surface area contributed by atoms with Crippen molar-refractivity contribution in [3.8, 4) is 0 Å². The van der Waals surface area contributed by atoms with Gasteiger partial charge in [0.1, 0.15) is 12.4 Å². The first-order valence-corrected chi connectivity index (χ1v) is 5.38. The number of benzene rings is 1. The Bertz CT molecular complexity index is 476. The summed E-state index contributed by atoms with van der Waals surface area (Å²) in [5, 5.41) is 0. The second-order valence-electron chi connectivity index (χ2n) is 3.86. The Morgan fingerprint density at radius 1 is 1.35 bits per heavy atom. The number of ether oxygens (including phenoxy) is 2. The molecule has 0 spiro atoms. The van der Waals surface area contributed by atoms with E-state index in [1.807, 2.05) is 0 Å². The van der Waals surface area contributed by atoms with Crippen molar-refractivity contribution in [1.29, 1.82) is 0 Å². The second kappa shape index (κ2) is 6.65. The Morgan fingerprint density at radius 2 is 2.00 bits per heavy atom. The first-order chi connectivity index (χ1) is 9.27. The van der Waals surface area contributed by atoms with E-state index in [1.165, 1.54) is 6.07 Å². The second-order valence-corrected chi connectivity index (χ2v) is 3.86. The minimum Gasteiger partial charge on any atom is -0.465 e. The van der Waals surface area contributed by atoms with Gasteiger partial charge in [-0.2, -0.15) is 8.78 Å². The van der Waals surface area contributed by atoms with Gasteiger partial charge in [0.25, 0.3) is 0 Å². The van der Waals surface area contributed by atoms with Crippen LogP contribution in [-0.4, -0.2) is 32.0 Å². The molecule has 0 atom stereocenters. The molecule has 3 nitrogen and oxygen atoms in total. The first-order valence-electron chi connectivity index (χ1n) is 5.38. The van der Waals surface area contributed by atoms with Crippen molar-refractivity contribution in [2.24, 2.45) is 0 Å². The largest absolute Gasteiger partial charge is 0.465 e. The van der Waals surface area contributed by atoms with E-state index in [4.69, 9.17) is 0 Å². The fraction of sp³-hybridized carbons (Fsp3) is 0.417. The maximum Gasteiger partial charge on any atom is 0.340 e. The highest BCUT2D eigenvalue weighted by molar-refractivity contribution is 5.89. The van der Waals surface area contributed by atoms with Crippen molar-refractivity contribution < 1.29 is 36.2 Å². The third-order valence-corrected chi connectivity index (χ3v) is 2.32. The van der Waals surface area contributed by atoms with Crippen LogP contribution in [-0.2, 0) is 16.1 Å². The average molecular weight is 298 g/mol. The minimum absolute atomic E-state index is 0.125. The first kappa shape index (κ1) is 16.4. The zero-order valence-electron chi connectivity index (χ0n) is 10.3. The van der Waals surface area contributed by atoms with Crippen molar-refractivity contribution in [2.45, 2.75) is 19.0 Å². The van der Waals surface area contributed by atoms with E-state index in [2.05, 4.69) is 9.47 Å². The van der Waals surface area contributed by atoms with Gasteiger partial charge in [-0.3, -0.25) is 0 Å². The van der Waals surface area contributed by atoms with Crippen LogP contribution in [0.2, 0.25) is 0 Å². The SMILES string of the molecule is COC(=O)c1ccc(COCC(F)(F)C(F)F)cc1F. The average Bonchev–Trinajstić information content (AvgIpc) is 2.37. The van der Waals surface area contributed by atoms with Gasteiger partial charge in [0.15, 0.2) is 0 Å². The number of carbonyl (C=O) groups excluding carboxylic acids is 1. The van der Waals surface area contributed by atoms with E-state index < -0.39 is 37.3 Å². The molecule has 0 aliphatic carbocycles. The van der Waals surface area contributed by atoms with Gasteiger partial charge in [0.05, 0.1) is 19.3 Å². The number of rotatable bonds is 6. The summed E-state index contributed by atoms with van der Waals surface area (Å²) in [6.45, 7) is -1.97. The Kier molecular flexibility index (Phi) is 5.43. The van der Waals surface area contributed by atoms with Gasteiger partial charge in [0, 0.05) is 0 Å². The summed E-state index contributed by atoms with van der Waals surface area (Å²) in [5.41, 5.74) is -0.200. The Morgan fingerprint density at radius 3 is 2.50 bits per heavy atom. The molecule has 0 heterocycles. The van der Waals surface area contributed by atoms with Crippen LogP contribution in [0.3, 0.4) is 0 Å². The van der Waals surface area contributed by atoms with Gasteiger partial charge in [-0.1, -0.05) is 6.07 Å². The van der Waals surface area contributed by atoms with Gasteiger partial charge >= 0.3 is 18.3 Å². The van der Waals surface area contributed by atoms with Crippen LogP contribution in [0, 0.1) is 5.82 Å². The molecule has 0 aliphatic rings. The Hall–Kier alpha value is -1.70. The molecule has 1 aromatic rings. The molecule has 0 N–H and O–H groups in total. The van der Waals surface area contributed by atoms with Crippen molar-refractivity contribution in [3.63, 3.8) is 0 Å². The van der Waals surface area contributed by atoms with Crippen LogP contribution in [0.5, 0.6) is 0 Å². The van der Waals surface area contributed by atoms with E-state index in [1.54, 1.807) is 0 Å². The molecule has 112 valence electrons. The van der Waals surface area contributed by atoms with E-state index in [-0.39, 0.29) is 11.1 Å². The summed E-state index contributed by atoms with van der Waals surface area (Å²) in [6.07, 6.45) is -3.83. The fourth-order valence-corrected chi connectivity index (χ4v) is 1.29. The van der Waals surface area contributed by atoms with Crippen molar-refractivity contribution >= 4 is 5.97 Å². The lowest BCUT2D eigenvalue weighted by atomic mass is 10.1. The normalized spacial score (nSPS) is 11.8. The number of halogens is 5. The van der Waals surface area contributed by atoms with Crippen LogP contribution < -0.4 is 0 Å². The van der Waals surface area contributed by atoms with Crippen LogP contribution >= 0.6 is 0 Å². The number of methoxy groups -OCH3 is 1. The molecule has 0 radical (unpaired) electrons. The standard InChI is InChI=1S/C12H11F5O3/c1-19-10(18)8-3-2-7(4-9(8)13)5-20-6-12(16,17)11(14)15/h2-4,11H,5-6H2,1H3. The summed E-state index contributed by atoms with van der Waals surface area (Å²) in [4.78, 5) is 11.1. The zero-order chi connectivity index (χ0) is 15.3. The summed E-state index contributed by atoms with van der Waals surface area (Å²) in [7, 11) is 1.07. The maximum absolute atomic E-state index is 13.5. The molecular weight excluding hydrogens is 287 g/mol. The highest BCUT2D eigenvalue weighted by Crippen LogP contribution is 2.23.